The van der Waals surface area contributed by atoms with E-state index < -0.39 is 29.9 Å². The van der Waals surface area contributed by atoms with Gasteiger partial charge in [0.15, 0.2) is 0 Å². The third-order valence-corrected chi connectivity index (χ3v) is 6.03. The van der Waals surface area contributed by atoms with Gasteiger partial charge in [-0.25, -0.2) is 0 Å². The zero-order valence-corrected chi connectivity index (χ0v) is 19.7. The van der Waals surface area contributed by atoms with E-state index in [1.54, 1.807) is 19.2 Å². The fourth-order valence-corrected chi connectivity index (χ4v) is 4.21. The lowest BCUT2D eigenvalue weighted by Gasteiger charge is -2.26. The second-order valence-electron chi connectivity index (χ2n) is 9.04. The first kappa shape index (κ1) is 25.1. The maximum atomic E-state index is 13.2. The number of H-pyrrole nitrogens is 1. The highest BCUT2D eigenvalue weighted by Crippen LogP contribution is 2.26. The number of nitriles is 1. The van der Waals surface area contributed by atoms with Crippen LogP contribution < -0.4 is 26.4 Å². The molecule has 0 saturated carbocycles. The molecule has 3 unspecified atom stereocenters. The van der Waals surface area contributed by atoms with Crippen molar-refractivity contribution in [3.8, 4) is 11.8 Å². The van der Waals surface area contributed by atoms with Gasteiger partial charge in [-0.05, 0) is 43.4 Å². The van der Waals surface area contributed by atoms with Crippen LogP contribution in [0, 0.1) is 23.2 Å². The number of benzene rings is 1. The molecule has 6 N–H and O–H groups in total. The van der Waals surface area contributed by atoms with Crippen LogP contribution in [0.15, 0.2) is 24.3 Å². The minimum Gasteiger partial charge on any atom is -0.496 e. The molecule has 10 heteroatoms. The van der Waals surface area contributed by atoms with Crippen LogP contribution in [0.4, 0.5) is 0 Å². The molecule has 182 valence electrons. The van der Waals surface area contributed by atoms with Crippen molar-refractivity contribution in [1.29, 1.82) is 5.26 Å². The zero-order chi connectivity index (χ0) is 24.8. The molecule has 10 nitrogen and oxygen atoms in total. The number of carbonyl (C=O) groups is 3. The Morgan fingerprint density at radius 3 is 2.71 bits per heavy atom. The first-order valence-corrected chi connectivity index (χ1v) is 11.4. The molecule has 1 saturated heterocycles. The molecule has 1 aliphatic heterocycles. The van der Waals surface area contributed by atoms with E-state index in [1.807, 2.05) is 32.0 Å². The second-order valence-corrected chi connectivity index (χ2v) is 9.04. The minimum atomic E-state index is -0.978. The summed E-state index contributed by atoms with van der Waals surface area (Å²) in [6, 6.07) is 6.56. The Bertz CT molecular complexity index is 1090. The number of aromatic amines is 1. The number of carbonyl (C=O) groups excluding carboxylic acids is 3. The molecule has 3 amide bonds. The van der Waals surface area contributed by atoms with E-state index in [-0.39, 0.29) is 24.2 Å². The van der Waals surface area contributed by atoms with Crippen molar-refractivity contribution >= 4 is 28.6 Å². The maximum Gasteiger partial charge on any atom is 0.268 e. The molecule has 2 heterocycles. The number of methoxy groups -OCH3 is 1. The molecule has 1 fully saturated rings. The quantitative estimate of drug-likeness (QED) is 0.352. The number of hydrogen-bond donors (Lipinski definition) is 5. The van der Waals surface area contributed by atoms with Gasteiger partial charge < -0.3 is 31.4 Å². The second kappa shape index (κ2) is 11.0. The van der Waals surface area contributed by atoms with Gasteiger partial charge in [-0.2, -0.15) is 5.26 Å². The van der Waals surface area contributed by atoms with Crippen LogP contribution in [0.2, 0.25) is 0 Å². The highest BCUT2D eigenvalue weighted by Gasteiger charge is 2.33. The summed E-state index contributed by atoms with van der Waals surface area (Å²) in [6.45, 7) is 4.45. The van der Waals surface area contributed by atoms with Crippen LogP contribution in [-0.2, 0) is 9.59 Å². The molecule has 0 radical (unpaired) electrons. The van der Waals surface area contributed by atoms with Crippen molar-refractivity contribution in [1.82, 2.24) is 20.9 Å². The highest BCUT2D eigenvalue weighted by atomic mass is 16.5. The summed E-state index contributed by atoms with van der Waals surface area (Å²) in [7, 11) is 1.56. The van der Waals surface area contributed by atoms with Crippen molar-refractivity contribution in [3.63, 3.8) is 0 Å². The van der Waals surface area contributed by atoms with Crippen LogP contribution in [0.1, 0.15) is 43.6 Å². The number of rotatable bonds is 10. The van der Waals surface area contributed by atoms with Gasteiger partial charge in [-0.3, -0.25) is 14.4 Å². The summed E-state index contributed by atoms with van der Waals surface area (Å²) >= 11 is 0. The average Bonchev–Trinajstić information content (AvgIpc) is 3.43. The SMILES string of the molecule is COc1cccc2[nH]c(C(=O)NC(CC(C)C)C(=O)N[C@@H](CC3CCNC3=O)C(N)C#N)cc12. The first-order chi connectivity index (χ1) is 16.2. The number of nitrogens with two attached hydrogens (primary N) is 1. The molecule has 34 heavy (non-hydrogen) atoms. The van der Waals surface area contributed by atoms with Gasteiger partial charge >= 0.3 is 0 Å². The van der Waals surface area contributed by atoms with Crippen molar-refractivity contribution in [2.45, 2.75) is 51.2 Å². The number of nitrogens with zero attached hydrogens (tertiary/aromatic N) is 1. The predicted octanol–water partition coefficient (Wildman–Crippen LogP) is 1.18. The van der Waals surface area contributed by atoms with E-state index in [4.69, 9.17) is 10.5 Å². The Balaban J connectivity index is 1.75. The molecule has 0 aliphatic carbocycles. The summed E-state index contributed by atoms with van der Waals surface area (Å²) in [4.78, 5) is 41.2. The molecule has 4 atom stereocenters. The molecular formula is C24H32N6O4. The third kappa shape index (κ3) is 5.85. The van der Waals surface area contributed by atoms with E-state index >= 15 is 0 Å². The van der Waals surface area contributed by atoms with E-state index in [0.29, 0.717) is 30.8 Å². The van der Waals surface area contributed by atoms with E-state index in [2.05, 4.69) is 20.9 Å². The number of nitrogens with one attached hydrogen (secondary N) is 4. The number of aromatic nitrogens is 1. The van der Waals surface area contributed by atoms with Crippen molar-refractivity contribution < 1.29 is 19.1 Å². The Hall–Kier alpha value is -3.58. The molecule has 1 aromatic heterocycles. The van der Waals surface area contributed by atoms with Crippen molar-refractivity contribution in [3.05, 3.63) is 30.0 Å². The smallest absolute Gasteiger partial charge is 0.268 e. The molecule has 3 rings (SSSR count). The van der Waals surface area contributed by atoms with Gasteiger partial charge in [0.25, 0.3) is 5.91 Å². The molecule has 1 aliphatic rings. The average molecular weight is 469 g/mol. The summed E-state index contributed by atoms with van der Waals surface area (Å²) < 4.78 is 5.35. The first-order valence-electron chi connectivity index (χ1n) is 11.4. The van der Waals surface area contributed by atoms with Gasteiger partial charge in [0.1, 0.15) is 23.5 Å². The van der Waals surface area contributed by atoms with Gasteiger partial charge in [-0.15, -0.1) is 0 Å². The summed E-state index contributed by atoms with van der Waals surface area (Å²) in [5.74, 6) is -0.550. The number of hydrogen-bond acceptors (Lipinski definition) is 6. The number of amides is 3. The van der Waals surface area contributed by atoms with Crippen LogP contribution in [0.3, 0.4) is 0 Å². The summed E-state index contributed by atoms with van der Waals surface area (Å²) in [5, 5.41) is 18.5. The molecule has 0 spiro atoms. The van der Waals surface area contributed by atoms with E-state index in [0.717, 1.165) is 10.9 Å². The summed E-state index contributed by atoms with van der Waals surface area (Å²) in [6.07, 6.45) is 1.27. The molecular weight excluding hydrogens is 436 g/mol. The van der Waals surface area contributed by atoms with Crippen molar-refractivity contribution in [2.24, 2.45) is 17.6 Å². The van der Waals surface area contributed by atoms with Gasteiger partial charge in [-0.1, -0.05) is 19.9 Å². The van der Waals surface area contributed by atoms with Gasteiger partial charge in [0, 0.05) is 23.4 Å². The normalized spacial score (nSPS) is 18.1. The predicted molar refractivity (Wildman–Crippen MR) is 127 cm³/mol. The Labute approximate surface area is 198 Å². The zero-order valence-electron chi connectivity index (χ0n) is 19.7. The van der Waals surface area contributed by atoms with Gasteiger partial charge in [0.05, 0.1) is 19.2 Å². The van der Waals surface area contributed by atoms with Gasteiger partial charge in [0.2, 0.25) is 11.8 Å². The maximum absolute atomic E-state index is 13.2. The lowest BCUT2D eigenvalue weighted by molar-refractivity contribution is -0.126. The lowest BCUT2D eigenvalue weighted by Crippen LogP contribution is -2.55. The topological polar surface area (TPSA) is 162 Å². The molecule has 1 aromatic carbocycles. The fraction of sp³-hybridized carbons (Fsp3) is 0.500. The molecule has 0 bridgehead atoms. The van der Waals surface area contributed by atoms with Crippen LogP contribution in [0.5, 0.6) is 5.75 Å². The standard InChI is InChI=1S/C24H32N6O4/c1-13(2)9-19(23(32)29-18(16(26)12-25)10-14-7-8-27-22(14)31)30-24(33)20-11-15-17(28-20)5-4-6-21(15)34-3/h4-6,11,13-14,16,18-19,28H,7-10,26H2,1-3H3,(H,27,31)(H,29,32)(H,30,33)/t14?,16?,18-,19?/m0/s1. The Kier molecular flexibility index (Phi) is 8.12. The van der Waals surface area contributed by atoms with E-state index in [9.17, 15) is 19.6 Å². The lowest BCUT2D eigenvalue weighted by atomic mass is 9.93. The minimum absolute atomic E-state index is 0.106. The number of ether oxygens (including phenoxy) is 1. The van der Waals surface area contributed by atoms with E-state index in [1.165, 1.54) is 0 Å². The largest absolute Gasteiger partial charge is 0.496 e. The van der Waals surface area contributed by atoms with Crippen LogP contribution in [0.25, 0.3) is 10.9 Å². The Morgan fingerprint density at radius 2 is 2.09 bits per heavy atom. The third-order valence-electron chi connectivity index (χ3n) is 6.03. The monoisotopic (exact) mass is 468 g/mol. The van der Waals surface area contributed by atoms with Crippen LogP contribution in [-0.4, -0.2) is 54.5 Å². The summed E-state index contributed by atoms with van der Waals surface area (Å²) in [5.41, 5.74) is 6.98. The number of fused-ring (bicyclic) bond motifs is 1. The fourth-order valence-electron chi connectivity index (χ4n) is 4.21. The van der Waals surface area contributed by atoms with Crippen molar-refractivity contribution in [2.75, 3.05) is 13.7 Å². The van der Waals surface area contributed by atoms with Crippen LogP contribution >= 0.6 is 0 Å². The highest BCUT2D eigenvalue weighted by molar-refractivity contribution is 6.01. The Morgan fingerprint density at radius 1 is 1.32 bits per heavy atom. The molecule has 2 aromatic rings.